The van der Waals surface area contributed by atoms with Gasteiger partial charge in [-0.2, -0.15) is 0 Å². The van der Waals surface area contributed by atoms with Crippen molar-refractivity contribution < 1.29 is 39.1 Å². The third-order valence-electron chi connectivity index (χ3n) is 3.23. The van der Waals surface area contributed by atoms with Gasteiger partial charge in [0.25, 0.3) is 0 Å². The molecular weight excluding hydrogens is 383 g/mol. The van der Waals surface area contributed by atoms with Crippen LogP contribution in [0.3, 0.4) is 0 Å². The van der Waals surface area contributed by atoms with Crippen LogP contribution in [0.5, 0.6) is 5.75 Å². The first-order valence-corrected chi connectivity index (χ1v) is 8.61. The average Bonchev–Trinajstić information content (AvgIpc) is 2.69. The van der Waals surface area contributed by atoms with Crippen LogP contribution in [0.25, 0.3) is 0 Å². The molecule has 0 unspecified atom stereocenters. The van der Waals surface area contributed by atoms with Gasteiger partial charge in [-0.3, -0.25) is 0 Å². The van der Waals surface area contributed by atoms with Gasteiger partial charge >= 0.3 is 5.97 Å². The van der Waals surface area contributed by atoms with E-state index in [1.54, 1.807) is 0 Å². The predicted octanol–water partition coefficient (Wildman–Crippen LogP) is 1.06. The van der Waals surface area contributed by atoms with Crippen molar-refractivity contribution in [2.24, 2.45) is 0 Å². The topological polar surface area (TPSA) is 116 Å². The van der Waals surface area contributed by atoms with E-state index in [4.69, 9.17) is 9.84 Å². The summed E-state index contributed by atoms with van der Waals surface area (Å²) in [5, 5.41) is 37.3. The molecule has 1 aromatic carbocycles. The van der Waals surface area contributed by atoms with Crippen LogP contribution < -0.4 is 4.74 Å². The number of hydrogen-bond acceptors (Lipinski definition) is 6. The maximum Gasteiger partial charge on any atom is 0.329 e. The Morgan fingerprint density at radius 1 is 1.03 bits per heavy atom. The van der Waals surface area contributed by atoms with Gasteiger partial charge in [-0.15, -0.1) is 0 Å². The Morgan fingerprint density at radius 3 is 2.41 bits per heavy atom. The van der Waals surface area contributed by atoms with Gasteiger partial charge in [-0.1, -0.05) is 30.1 Å². The van der Waals surface area contributed by atoms with Gasteiger partial charge in [0.2, 0.25) is 0 Å². The second kappa shape index (κ2) is 14.1. The molecule has 7 nitrogen and oxygen atoms in total. The van der Waals surface area contributed by atoms with Gasteiger partial charge in [0.05, 0.1) is 6.61 Å². The summed E-state index contributed by atoms with van der Waals surface area (Å²) in [4.78, 5) is 10.3. The van der Waals surface area contributed by atoms with Crippen LogP contribution in [0, 0.1) is 17.7 Å². The van der Waals surface area contributed by atoms with Crippen LogP contribution in [0.1, 0.15) is 0 Å². The maximum atomic E-state index is 12.8. The fraction of sp³-hybridized carbons (Fsp3) is 0.286. The van der Waals surface area contributed by atoms with Crippen molar-refractivity contribution >= 4 is 5.97 Å². The van der Waals surface area contributed by atoms with Crippen molar-refractivity contribution in [1.82, 2.24) is 0 Å². The Balaban J connectivity index is 2.27. The summed E-state index contributed by atoms with van der Waals surface area (Å²) in [6, 6.07) is 5.44. The third-order valence-corrected chi connectivity index (χ3v) is 3.23. The minimum Gasteiger partial charge on any atom is -0.491 e. The van der Waals surface area contributed by atoms with E-state index in [1.807, 2.05) is 0 Å². The SMILES string of the molecule is O=C(O)COC[C@@H](O)[C@H](O)/C=C/C=C/C#C/C=C/[C@H](O)COc1ccc(F)cc1. The number of allylic oxidation sites excluding steroid dienone is 4. The molecule has 29 heavy (non-hydrogen) atoms. The Morgan fingerprint density at radius 2 is 1.72 bits per heavy atom. The minimum atomic E-state index is -1.24. The lowest BCUT2D eigenvalue weighted by Crippen LogP contribution is -2.29. The standard InChI is InChI=1S/C21H23FO7/c22-16-9-11-18(12-10-16)29-13-17(23)7-5-3-1-2-4-6-8-19(24)20(25)14-28-15-21(26)27/h2,4-12,17,19-20,23-25H,13-15H2,(H,26,27)/b4-2+,7-5+,8-6+/t17-,19+,20+/m0/s1. The van der Waals surface area contributed by atoms with Gasteiger partial charge in [-0.05, 0) is 42.5 Å². The molecule has 8 heteroatoms. The fourth-order valence-electron chi connectivity index (χ4n) is 1.80. The Hall–Kier alpha value is -2.96. The van der Waals surface area contributed by atoms with Gasteiger partial charge in [0.15, 0.2) is 0 Å². The number of carboxylic acids is 1. The second-order valence-corrected chi connectivity index (χ2v) is 5.69. The van der Waals surface area contributed by atoms with Gasteiger partial charge < -0.3 is 29.9 Å². The number of hydrogen-bond donors (Lipinski definition) is 4. The number of rotatable bonds is 11. The molecule has 4 N–H and O–H groups in total. The van der Waals surface area contributed by atoms with Crippen LogP contribution >= 0.6 is 0 Å². The minimum absolute atomic E-state index is 0.00121. The first-order chi connectivity index (χ1) is 13.9. The second-order valence-electron chi connectivity index (χ2n) is 5.69. The van der Waals surface area contributed by atoms with E-state index in [9.17, 15) is 24.5 Å². The van der Waals surface area contributed by atoms with Crippen molar-refractivity contribution in [3.63, 3.8) is 0 Å². The van der Waals surface area contributed by atoms with Crippen LogP contribution in [-0.4, -0.2) is 64.5 Å². The summed E-state index contributed by atoms with van der Waals surface area (Å²) < 4.78 is 22.7. The Bertz CT molecular complexity index is 759. The van der Waals surface area contributed by atoms with E-state index in [0.717, 1.165) is 0 Å². The Labute approximate surface area is 168 Å². The molecule has 0 aliphatic heterocycles. The van der Waals surface area contributed by atoms with Crippen molar-refractivity contribution in [2.75, 3.05) is 19.8 Å². The summed E-state index contributed by atoms with van der Waals surface area (Å²) in [7, 11) is 0. The smallest absolute Gasteiger partial charge is 0.329 e. The number of halogens is 1. The molecule has 0 saturated carbocycles. The number of carboxylic acid groups (broad SMARTS) is 1. The lowest BCUT2D eigenvalue weighted by Gasteiger charge is -2.13. The lowest BCUT2D eigenvalue weighted by atomic mass is 10.2. The van der Waals surface area contributed by atoms with Gasteiger partial charge in [0, 0.05) is 0 Å². The van der Waals surface area contributed by atoms with E-state index >= 15 is 0 Å². The van der Waals surface area contributed by atoms with E-state index in [1.165, 1.54) is 60.7 Å². The quantitative estimate of drug-likeness (QED) is 0.321. The van der Waals surface area contributed by atoms with Crippen LogP contribution in [0.15, 0.2) is 60.7 Å². The van der Waals surface area contributed by atoms with E-state index < -0.39 is 30.9 Å². The normalized spacial score (nSPS) is 14.6. The van der Waals surface area contributed by atoms with Gasteiger partial charge in [0.1, 0.15) is 43.1 Å². The Kier molecular flexibility index (Phi) is 11.7. The van der Waals surface area contributed by atoms with Crippen molar-refractivity contribution in [3.8, 4) is 17.6 Å². The maximum absolute atomic E-state index is 12.8. The number of carbonyl (C=O) groups is 1. The first-order valence-electron chi connectivity index (χ1n) is 8.61. The molecule has 0 aliphatic rings. The van der Waals surface area contributed by atoms with Crippen molar-refractivity contribution in [1.29, 1.82) is 0 Å². The highest BCUT2D eigenvalue weighted by Crippen LogP contribution is 2.11. The largest absolute Gasteiger partial charge is 0.491 e. The molecule has 0 aliphatic carbocycles. The number of ether oxygens (including phenoxy) is 2. The number of aliphatic hydroxyl groups is 3. The van der Waals surface area contributed by atoms with E-state index in [0.29, 0.717) is 5.75 Å². The summed E-state index contributed by atoms with van der Waals surface area (Å²) in [5.74, 6) is 4.26. The molecule has 0 bridgehead atoms. The molecule has 0 spiro atoms. The summed E-state index contributed by atoms with van der Waals surface area (Å²) in [5.41, 5.74) is 0. The molecule has 3 atom stereocenters. The van der Waals surface area contributed by atoms with Crippen LogP contribution in [0.2, 0.25) is 0 Å². The van der Waals surface area contributed by atoms with E-state index in [-0.39, 0.29) is 19.0 Å². The highest BCUT2D eigenvalue weighted by molar-refractivity contribution is 5.67. The number of benzene rings is 1. The molecule has 1 aromatic rings. The first kappa shape index (κ1) is 24.1. The summed E-state index contributed by atoms with van der Waals surface area (Å²) in [6.45, 7) is -0.859. The lowest BCUT2D eigenvalue weighted by molar-refractivity contribution is -0.143. The molecule has 0 saturated heterocycles. The highest BCUT2D eigenvalue weighted by atomic mass is 19.1. The monoisotopic (exact) mass is 406 g/mol. The number of aliphatic carboxylic acids is 1. The summed E-state index contributed by atoms with van der Waals surface area (Å²) in [6.07, 6.45) is 5.35. The van der Waals surface area contributed by atoms with Gasteiger partial charge in [-0.25, -0.2) is 9.18 Å². The fourth-order valence-corrected chi connectivity index (χ4v) is 1.80. The molecular formula is C21H23FO7. The van der Waals surface area contributed by atoms with Crippen molar-refractivity contribution in [2.45, 2.75) is 18.3 Å². The zero-order chi connectivity index (χ0) is 21.5. The number of aliphatic hydroxyl groups excluding tert-OH is 3. The van der Waals surface area contributed by atoms with Crippen LogP contribution in [-0.2, 0) is 9.53 Å². The summed E-state index contributed by atoms with van der Waals surface area (Å²) >= 11 is 0. The molecule has 0 aromatic heterocycles. The highest BCUT2D eigenvalue weighted by Gasteiger charge is 2.13. The molecule has 0 radical (unpaired) electrons. The zero-order valence-electron chi connectivity index (χ0n) is 15.5. The molecule has 156 valence electrons. The molecule has 1 rings (SSSR count). The van der Waals surface area contributed by atoms with Crippen LogP contribution in [0.4, 0.5) is 4.39 Å². The zero-order valence-corrected chi connectivity index (χ0v) is 15.5. The average molecular weight is 406 g/mol. The third kappa shape index (κ3) is 12.2. The molecule has 0 amide bonds. The van der Waals surface area contributed by atoms with E-state index in [2.05, 4.69) is 16.6 Å². The molecule has 0 heterocycles. The predicted molar refractivity (Wildman–Crippen MR) is 104 cm³/mol. The van der Waals surface area contributed by atoms with Crippen molar-refractivity contribution in [3.05, 3.63) is 66.5 Å². The molecule has 0 fully saturated rings.